The molecule has 2 aromatic rings. The lowest BCUT2D eigenvalue weighted by Crippen LogP contribution is -2.22. The van der Waals surface area contributed by atoms with Gasteiger partial charge in [-0.1, -0.05) is 24.3 Å². The van der Waals surface area contributed by atoms with E-state index in [9.17, 15) is 4.79 Å². The quantitative estimate of drug-likeness (QED) is 0.831. The Hall–Kier alpha value is -2.14. The van der Waals surface area contributed by atoms with E-state index in [0.29, 0.717) is 0 Å². The van der Waals surface area contributed by atoms with Crippen molar-refractivity contribution in [3.8, 4) is 5.75 Å². The standard InChI is InChI=1S/C15H16N2O2S/c1-19-13-6-2-4-11(9-13)8-12-5-3-7-14(10-12)20-17-15(16)18/h2-7,9-10H,8H2,1H3,(H3,16,17,18). The Balaban J connectivity index is 2.08. The van der Waals surface area contributed by atoms with Crippen LogP contribution in [0.3, 0.4) is 0 Å². The molecule has 0 saturated carbocycles. The van der Waals surface area contributed by atoms with Crippen LogP contribution in [0, 0.1) is 0 Å². The lowest BCUT2D eigenvalue weighted by molar-refractivity contribution is 0.254. The molecule has 2 amide bonds. The van der Waals surface area contributed by atoms with Crippen molar-refractivity contribution < 1.29 is 9.53 Å². The molecule has 0 aromatic heterocycles. The number of rotatable bonds is 5. The van der Waals surface area contributed by atoms with Gasteiger partial charge in [0.2, 0.25) is 0 Å². The molecular formula is C15H16N2O2S. The largest absolute Gasteiger partial charge is 0.497 e. The number of nitrogens with two attached hydrogens (primary N) is 1. The third-order valence-corrected chi connectivity index (χ3v) is 3.50. The Kier molecular flexibility index (Phi) is 4.90. The highest BCUT2D eigenvalue weighted by molar-refractivity contribution is 7.98. The van der Waals surface area contributed by atoms with E-state index >= 15 is 0 Å². The van der Waals surface area contributed by atoms with Crippen LogP contribution in [0.5, 0.6) is 5.75 Å². The minimum absolute atomic E-state index is 0.548. The molecule has 0 radical (unpaired) electrons. The highest BCUT2D eigenvalue weighted by Gasteiger charge is 2.01. The fourth-order valence-corrected chi connectivity index (χ4v) is 2.42. The van der Waals surface area contributed by atoms with E-state index in [1.807, 2.05) is 42.5 Å². The predicted molar refractivity (Wildman–Crippen MR) is 80.8 cm³/mol. The van der Waals surface area contributed by atoms with Gasteiger partial charge >= 0.3 is 6.03 Å². The number of amides is 2. The smallest absolute Gasteiger partial charge is 0.322 e. The number of nitrogens with one attached hydrogen (secondary N) is 1. The van der Waals surface area contributed by atoms with Gasteiger partial charge in [-0.25, -0.2) is 4.79 Å². The lowest BCUT2D eigenvalue weighted by Gasteiger charge is -2.07. The molecule has 0 aliphatic rings. The maximum atomic E-state index is 10.7. The van der Waals surface area contributed by atoms with Gasteiger partial charge in [0.15, 0.2) is 0 Å². The fraction of sp³-hybridized carbons (Fsp3) is 0.133. The number of carbonyl (C=O) groups excluding carboxylic acids is 1. The van der Waals surface area contributed by atoms with Gasteiger partial charge in [0.05, 0.1) is 7.11 Å². The maximum Gasteiger partial charge on any atom is 0.322 e. The van der Waals surface area contributed by atoms with Crippen molar-refractivity contribution in [2.45, 2.75) is 11.3 Å². The van der Waals surface area contributed by atoms with E-state index in [-0.39, 0.29) is 0 Å². The molecule has 0 bridgehead atoms. The first-order valence-corrected chi connectivity index (χ1v) is 6.93. The summed E-state index contributed by atoms with van der Waals surface area (Å²) in [5.74, 6) is 0.850. The van der Waals surface area contributed by atoms with E-state index in [1.54, 1.807) is 7.11 Å². The SMILES string of the molecule is COc1cccc(Cc2cccc(SNC(N)=O)c2)c1. The first kappa shape index (κ1) is 14.3. The summed E-state index contributed by atoms with van der Waals surface area (Å²) >= 11 is 1.21. The zero-order chi connectivity index (χ0) is 14.4. The van der Waals surface area contributed by atoms with Crippen molar-refractivity contribution in [3.05, 3.63) is 59.7 Å². The van der Waals surface area contributed by atoms with Crippen molar-refractivity contribution in [3.63, 3.8) is 0 Å². The van der Waals surface area contributed by atoms with Gasteiger partial charge in [-0.15, -0.1) is 0 Å². The van der Waals surface area contributed by atoms with Crippen LogP contribution in [-0.2, 0) is 6.42 Å². The van der Waals surface area contributed by atoms with E-state index in [2.05, 4.69) is 10.8 Å². The van der Waals surface area contributed by atoms with Gasteiger partial charge in [0, 0.05) is 4.90 Å². The Morgan fingerprint density at radius 1 is 1.20 bits per heavy atom. The van der Waals surface area contributed by atoms with Crippen molar-refractivity contribution in [2.24, 2.45) is 5.73 Å². The topological polar surface area (TPSA) is 64.3 Å². The molecule has 0 aliphatic carbocycles. The number of carbonyl (C=O) groups is 1. The Bertz CT molecular complexity index is 602. The summed E-state index contributed by atoms with van der Waals surface area (Å²) in [5, 5.41) is 0. The maximum absolute atomic E-state index is 10.7. The molecular weight excluding hydrogens is 272 g/mol. The van der Waals surface area contributed by atoms with Gasteiger partial charge in [-0.2, -0.15) is 0 Å². The fourth-order valence-electron chi connectivity index (χ4n) is 1.85. The Morgan fingerprint density at radius 3 is 2.60 bits per heavy atom. The van der Waals surface area contributed by atoms with Crippen LogP contribution in [-0.4, -0.2) is 13.1 Å². The number of urea groups is 1. The first-order chi connectivity index (χ1) is 9.67. The average Bonchev–Trinajstić information content (AvgIpc) is 2.46. The van der Waals surface area contributed by atoms with Crippen LogP contribution in [0.2, 0.25) is 0 Å². The lowest BCUT2D eigenvalue weighted by atomic mass is 10.1. The van der Waals surface area contributed by atoms with Gasteiger partial charge in [-0.05, 0) is 53.8 Å². The van der Waals surface area contributed by atoms with Crippen molar-refractivity contribution >= 4 is 18.0 Å². The zero-order valence-corrected chi connectivity index (χ0v) is 11.9. The summed E-state index contributed by atoms with van der Waals surface area (Å²) in [6.07, 6.45) is 0.808. The number of benzene rings is 2. The molecule has 2 rings (SSSR count). The second-order valence-corrected chi connectivity index (χ2v) is 5.12. The number of primary amides is 1. The van der Waals surface area contributed by atoms with Crippen LogP contribution in [0.1, 0.15) is 11.1 Å². The summed E-state index contributed by atoms with van der Waals surface area (Å²) in [6.45, 7) is 0. The monoisotopic (exact) mass is 288 g/mol. The molecule has 5 heteroatoms. The molecule has 20 heavy (non-hydrogen) atoms. The average molecular weight is 288 g/mol. The Morgan fingerprint density at radius 2 is 1.90 bits per heavy atom. The number of hydrogen-bond donors (Lipinski definition) is 2. The van der Waals surface area contributed by atoms with Crippen LogP contribution >= 0.6 is 11.9 Å². The molecule has 0 aliphatic heterocycles. The molecule has 0 heterocycles. The van der Waals surface area contributed by atoms with Gasteiger partial charge in [0.1, 0.15) is 5.75 Å². The van der Waals surface area contributed by atoms with Crippen LogP contribution in [0.4, 0.5) is 4.79 Å². The van der Waals surface area contributed by atoms with Gasteiger partial charge in [-0.3, -0.25) is 4.72 Å². The van der Waals surface area contributed by atoms with Gasteiger partial charge < -0.3 is 10.5 Å². The molecule has 0 unspecified atom stereocenters. The summed E-state index contributed by atoms with van der Waals surface area (Å²) < 4.78 is 7.72. The Labute approximate surface area is 122 Å². The van der Waals surface area contributed by atoms with Crippen molar-refractivity contribution in [2.75, 3.05) is 7.11 Å². The summed E-state index contributed by atoms with van der Waals surface area (Å²) in [6, 6.07) is 15.4. The highest BCUT2D eigenvalue weighted by atomic mass is 32.2. The third kappa shape index (κ3) is 4.20. The molecule has 2 aromatic carbocycles. The van der Waals surface area contributed by atoms with E-state index < -0.39 is 6.03 Å². The number of methoxy groups -OCH3 is 1. The second kappa shape index (κ2) is 6.86. The normalized spacial score (nSPS) is 10.1. The van der Waals surface area contributed by atoms with Crippen LogP contribution in [0.15, 0.2) is 53.4 Å². The molecule has 0 spiro atoms. The van der Waals surface area contributed by atoms with E-state index in [0.717, 1.165) is 22.6 Å². The third-order valence-electron chi connectivity index (χ3n) is 2.71. The van der Waals surface area contributed by atoms with Crippen LogP contribution < -0.4 is 15.2 Å². The first-order valence-electron chi connectivity index (χ1n) is 6.11. The van der Waals surface area contributed by atoms with Crippen LogP contribution in [0.25, 0.3) is 0 Å². The second-order valence-electron chi connectivity index (χ2n) is 4.24. The minimum atomic E-state index is -0.548. The number of ether oxygens (including phenoxy) is 1. The molecule has 0 fully saturated rings. The summed E-state index contributed by atoms with van der Waals surface area (Å²) in [4.78, 5) is 11.6. The van der Waals surface area contributed by atoms with E-state index in [1.165, 1.54) is 17.5 Å². The predicted octanol–water partition coefficient (Wildman–Crippen LogP) is 2.96. The van der Waals surface area contributed by atoms with Crippen molar-refractivity contribution in [1.82, 2.24) is 4.72 Å². The summed E-state index contributed by atoms with van der Waals surface area (Å²) in [7, 11) is 1.66. The molecule has 104 valence electrons. The summed E-state index contributed by atoms with van der Waals surface area (Å²) in [5.41, 5.74) is 7.39. The molecule has 0 saturated heterocycles. The molecule has 3 N–H and O–H groups in total. The van der Waals surface area contributed by atoms with E-state index in [4.69, 9.17) is 10.5 Å². The van der Waals surface area contributed by atoms with Gasteiger partial charge in [0.25, 0.3) is 0 Å². The minimum Gasteiger partial charge on any atom is -0.497 e. The van der Waals surface area contributed by atoms with Crippen molar-refractivity contribution in [1.29, 1.82) is 0 Å². The number of hydrogen-bond acceptors (Lipinski definition) is 3. The zero-order valence-electron chi connectivity index (χ0n) is 11.1. The molecule has 0 atom stereocenters. The molecule has 4 nitrogen and oxygen atoms in total. The highest BCUT2D eigenvalue weighted by Crippen LogP contribution is 2.20.